The molecule has 0 aromatic heterocycles. The van der Waals surface area contributed by atoms with Gasteiger partial charge in [0.15, 0.2) is 0 Å². The van der Waals surface area contributed by atoms with Gasteiger partial charge >= 0.3 is 12.3 Å². The maximum Gasteiger partial charge on any atom is 0.416 e. The summed E-state index contributed by atoms with van der Waals surface area (Å²) >= 11 is 4.88. The molecule has 0 saturated carbocycles. The number of alkyl halides is 6. The number of halogens is 6. The van der Waals surface area contributed by atoms with Gasteiger partial charge in [-0.05, 0) is 18.2 Å². The van der Waals surface area contributed by atoms with Gasteiger partial charge in [0.2, 0.25) is 0 Å². The van der Waals surface area contributed by atoms with Gasteiger partial charge in [-0.25, -0.2) is 0 Å². The smallest absolute Gasteiger partial charge is 0.416 e. The fourth-order valence-corrected chi connectivity index (χ4v) is 0.990. The van der Waals surface area contributed by atoms with E-state index in [1.807, 2.05) is 0 Å². The first-order chi connectivity index (χ1) is 7.24. The van der Waals surface area contributed by atoms with E-state index in [0.717, 1.165) is 18.2 Å². The van der Waals surface area contributed by atoms with E-state index >= 15 is 0 Å². The molecule has 0 heterocycles. The summed E-state index contributed by atoms with van der Waals surface area (Å²) in [6, 6.07) is 3.21. The second kappa shape index (κ2) is 4.45. The average Bonchev–Trinajstić information content (AvgIpc) is 2.16. The van der Waals surface area contributed by atoms with E-state index in [1.165, 1.54) is 0 Å². The first-order valence-electron chi connectivity index (χ1n) is 4.05. The fourth-order valence-electron chi connectivity index (χ4n) is 0.936. The van der Waals surface area contributed by atoms with Gasteiger partial charge in [0.25, 0.3) is 0 Å². The fraction of sp³-hybridized carbons (Fsp3) is 0.333. The number of ether oxygens (including phenoxy) is 1. The van der Waals surface area contributed by atoms with Crippen LogP contribution in [-0.2, 0) is 6.18 Å². The largest absolute Gasteiger partial charge is 0.432 e. The highest BCUT2D eigenvalue weighted by Gasteiger charge is 2.33. The standard InChI is InChI=1S/C9H6ClF5O/c10-5-8(11,12)16-7-3-1-2-6(4-7)9(13,14)15/h1-4H,5H2. The third kappa shape index (κ3) is 3.52. The van der Waals surface area contributed by atoms with Crippen LogP contribution in [0.2, 0.25) is 0 Å². The van der Waals surface area contributed by atoms with E-state index in [-0.39, 0.29) is 0 Å². The Morgan fingerprint density at radius 1 is 1.12 bits per heavy atom. The van der Waals surface area contributed by atoms with E-state index in [0.29, 0.717) is 6.07 Å². The zero-order chi connectivity index (χ0) is 12.4. The quantitative estimate of drug-likeness (QED) is 0.591. The molecule has 0 atom stereocenters. The maximum atomic E-state index is 12.6. The van der Waals surface area contributed by atoms with Gasteiger partial charge in [0.1, 0.15) is 11.6 Å². The van der Waals surface area contributed by atoms with Crippen molar-refractivity contribution in [1.82, 2.24) is 0 Å². The summed E-state index contributed by atoms with van der Waals surface area (Å²) in [5, 5.41) is 0. The molecule has 0 spiro atoms. The van der Waals surface area contributed by atoms with Gasteiger partial charge in [-0.15, -0.1) is 11.6 Å². The van der Waals surface area contributed by atoms with E-state index in [1.54, 1.807) is 0 Å². The van der Waals surface area contributed by atoms with Crippen LogP contribution in [-0.4, -0.2) is 12.0 Å². The summed E-state index contributed by atoms with van der Waals surface area (Å²) < 4.78 is 65.9. The van der Waals surface area contributed by atoms with Gasteiger partial charge in [-0.1, -0.05) is 6.07 Å². The highest BCUT2D eigenvalue weighted by atomic mass is 35.5. The molecule has 16 heavy (non-hydrogen) atoms. The first-order valence-corrected chi connectivity index (χ1v) is 4.58. The van der Waals surface area contributed by atoms with Crippen molar-refractivity contribution >= 4 is 11.6 Å². The topological polar surface area (TPSA) is 9.23 Å². The van der Waals surface area contributed by atoms with Gasteiger partial charge in [0, 0.05) is 0 Å². The van der Waals surface area contributed by atoms with Crippen molar-refractivity contribution in [2.75, 3.05) is 5.88 Å². The monoisotopic (exact) mass is 260 g/mol. The van der Waals surface area contributed by atoms with Crippen molar-refractivity contribution in [2.45, 2.75) is 12.3 Å². The number of rotatable bonds is 3. The SMILES string of the molecule is FC(F)(CCl)Oc1cccc(C(F)(F)F)c1. The Morgan fingerprint density at radius 2 is 1.75 bits per heavy atom. The molecule has 1 rings (SSSR count). The van der Waals surface area contributed by atoms with Crippen LogP contribution in [0.1, 0.15) is 5.56 Å². The highest BCUT2D eigenvalue weighted by molar-refractivity contribution is 6.18. The van der Waals surface area contributed by atoms with Crippen LogP contribution in [0, 0.1) is 0 Å². The van der Waals surface area contributed by atoms with Crippen molar-refractivity contribution in [3.8, 4) is 5.75 Å². The molecule has 0 N–H and O–H groups in total. The summed E-state index contributed by atoms with van der Waals surface area (Å²) in [6.45, 7) is 0. The van der Waals surface area contributed by atoms with Crippen molar-refractivity contribution in [1.29, 1.82) is 0 Å². The molecule has 90 valence electrons. The van der Waals surface area contributed by atoms with Crippen molar-refractivity contribution < 1.29 is 26.7 Å². The van der Waals surface area contributed by atoms with Crippen molar-refractivity contribution in [3.63, 3.8) is 0 Å². The number of hydrogen-bond donors (Lipinski definition) is 0. The molecule has 1 aromatic rings. The Kier molecular flexibility index (Phi) is 3.62. The Morgan fingerprint density at radius 3 is 2.25 bits per heavy atom. The summed E-state index contributed by atoms with van der Waals surface area (Å²) in [5.74, 6) is -1.72. The molecular weight excluding hydrogens is 255 g/mol. The van der Waals surface area contributed by atoms with Gasteiger partial charge in [0.05, 0.1) is 5.56 Å². The van der Waals surface area contributed by atoms with Crippen LogP contribution in [0.4, 0.5) is 22.0 Å². The van der Waals surface area contributed by atoms with Crippen LogP contribution in [0.25, 0.3) is 0 Å². The maximum absolute atomic E-state index is 12.6. The normalized spacial score (nSPS) is 12.6. The molecule has 0 aliphatic carbocycles. The third-order valence-corrected chi connectivity index (χ3v) is 1.90. The molecule has 0 saturated heterocycles. The van der Waals surface area contributed by atoms with Crippen LogP contribution >= 0.6 is 11.6 Å². The molecule has 0 radical (unpaired) electrons. The minimum Gasteiger partial charge on any atom is -0.432 e. The van der Waals surface area contributed by atoms with Crippen LogP contribution < -0.4 is 4.74 Å². The first kappa shape index (κ1) is 13.0. The van der Waals surface area contributed by atoms with Crippen molar-refractivity contribution in [2.24, 2.45) is 0 Å². The summed E-state index contributed by atoms with van der Waals surface area (Å²) in [4.78, 5) is 0. The zero-order valence-corrected chi connectivity index (χ0v) is 8.45. The molecule has 0 aliphatic rings. The molecule has 0 fully saturated rings. The van der Waals surface area contributed by atoms with Gasteiger partial charge < -0.3 is 4.74 Å². The Bertz CT molecular complexity index is 363. The molecule has 0 unspecified atom stereocenters. The van der Waals surface area contributed by atoms with E-state index in [4.69, 9.17) is 11.6 Å². The van der Waals surface area contributed by atoms with Crippen molar-refractivity contribution in [3.05, 3.63) is 29.8 Å². The van der Waals surface area contributed by atoms with E-state index in [9.17, 15) is 22.0 Å². The van der Waals surface area contributed by atoms with Gasteiger partial charge in [-0.2, -0.15) is 22.0 Å². The third-order valence-electron chi connectivity index (χ3n) is 1.58. The predicted octanol–water partition coefficient (Wildman–Crippen LogP) is 3.92. The van der Waals surface area contributed by atoms with Gasteiger partial charge in [-0.3, -0.25) is 0 Å². The van der Waals surface area contributed by atoms with Crippen LogP contribution in [0.15, 0.2) is 24.3 Å². The molecule has 0 bridgehead atoms. The predicted molar refractivity (Wildman–Crippen MR) is 47.7 cm³/mol. The van der Waals surface area contributed by atoms with E-state index in [2.05, 4.69) is 4.74 Å². The summed E-state index contributed by atoms with van der Waals surface area (Å²) in [7, 11) is 0. The van der Waals surface area contributed by atoms with Crippen LogP contribution in [0.5, 0.6) is 5.75 Å². The number of hydrogen-bond acceptors (Lipinski definition) is 1. The molecular formula is C9H6ClF5O. The minimum absolute atomic E-state index is 0.487. The molecule has 7 heteroatoms. The zero-order valence-electron chi connectivity index (χ0n) is 7.69. The molecule has 0 amide bonds. The average molecular weight is 261 g/mol. The van der Waals surface area contributed by atoms with Crippen LogP contribution in [0.3, 0.4) is 0 Å². The second-order valence-electron chi connectivity index (χ2n) is 2.90. The molecule has 0 aliphatic heterocycles. The lowest BCUT2D eigenvalue weighted by molar-refractivity contribution is -0.157. The Labute approximate surface area is 92.8 Å². The Balaban J connectivity index is 2.92. The second-order valence-corrected chi connectivity index (χ2v) is 3.17. The molecule has 1 nitrogen and oxygen atoms in total. The van der Waals surface area contributed by atoms with E-state index < -0.39 is 29.5 Å². The lowest BCUT2D eigenvalue weighted by Gasteiger charge is -2.16. The molecule has 1 aromatic carbocycles. The Hall–Kier alpha value is -1.04. The minimum atomic E-state index is -4.60. The lowest BCUT2D eigenvalue weighted by atomic mass is 10.2. The highest BCUT2D eigenvalue weighted by Crippen LogP contribution is 2.32. The summed E-state index contributed by atoms with van der Waals surface area (Å²) in [5.41, 5.74) is -1.06. The number of benzene rings is 1. The summed E-state index contributed by atoms with van der Waals surface area (Å²) in [6.07, 6.45) is -8.29. The lowest BCUT2D eigenvalue weighted by Crippen LogP contribution is -2.26.